The lowest BCUT2D eigenvalue weighted by Crippen LogP contribution is -1.91. The van der Waals surface area contributed by atoms with Gasteiger partial charge in [0.25, 0.3) is 0 Å². The van der Waals surface area contributed by atoms with E-state index in [-0.39, 0.29) is 0 Å². The second-order valence-electron chi connectivity index (χ2n) is 4.75. The van der Waals surface area contributed by atoms with Gasteiger partial charge in [-0.15, -0.1) is 0 Å². The van der Waals surface area contributed by atoms with Gasteiger partial charge in [0.1, 0.15) is 0 Å². The minimum atomic E-state index is 0.369. The average Bonchev–Trinajstić information content (AvgIpc) is 2.75. The van der Waals surface area contributed by atoms with Gasteiger partial charge in [0.15, 0.2) is 0 Å². The van der Waals surface area contributed by atoms with Crippen LogP contribution in [0.4, 0.5) is 0 Å². The van der Waals surface area contributed by atoms with Crippen molar-refractivity contribution in [3.05, 3.63) is 12.2 Å². The Morgan fingerprint density at radius 3 is 2.20 bits per heavy atom. The first kappa shape index (κ1) is 12.8. The van der Waals surface area contributed by atoms with Crippen LogP contribution in [0.15, 0.2) is 12.2 Å². The Kier molecular flexibility index (Phi) is 7.63. The standard InChI is InChI=1S/C14H26O/c15-13-9-5-3-1-2-4-6-10-14-11-7-8-12-14/h7,11,14-15H,1-6,8-10,12-13H2. The van der Waals surface area contributed by atoms with E-state index < -0.39 is 0 Å². The number of hydrogen-bond acceptors (Lipinski definition) is 1. The third kappa shape index (κ3) is 6.72. The van der Waals surface area contributed by atoms with Gasteiger partial charge in [0, 0.05) is 6.61 Å². The van der Waals surface area contributed by atoms with Crippen LogP contribution in [0.5, 0.6) is 0 Å². The van der Waals surface area contributed by atoms with Gasteiger partial charge < -0.3 is 5.11 Å². The van der Waals surface area contributed by atoms with Gasteiger partial charge >= 0.3 is 0 Å². The predicted molar refractivity (Wildman–Crippen MR) is 65.9 cm³/mol. The summed E-state index contributed by atoms with van der Waals surface area (Å²) in [5, 5.41) is 8.62. The van der Waals surface area contributed by atoms with E-state index in [4.69, 9.17) is 5.11 Å². The molecular formula is C14H26O. The second-order valence-corrected chi connectivity index (χ2v) is 4.75. The molecule has 15 heavy (non-hydrogen) atoms. The molecule has 0 spiro atoms. The minimum absolute atomic E-state index is 0.369. The summed E-state index contributed by atoms with van der Waals surface area (Å²) in [5.74, 6) is 0.902. The third-order valence-electron chi connectivity index (χ3n) is 3.35. The quantitative estimate of drug-likeness (QED) is 0.449. The highest BCUT2D eigenvalue weighted by Gasteiger charge is 2.07. The molecule has 0 saturated heterocycles. The highest BCUT2D eigenvalue weighted by Crippen LogP contribution is 2.23. The first-order chi connectivity index (χ1) is 7.43. The van der Waals surface area contributed by atoms with Gasteiger partial charge in [-0.3, -0.25) is 0 Å². The molecule has 0 amide bonds. The molecule has 1 N–H and O–H groups in total. The topological polar surface area (TPSA) is 20.2 Å². The van der Waals surface area contributed by atoms with Gasteiger partial charge in [-0.1, -0.05) is 50.7 Å². The van der Waals surface area contributed by atoms with Crippen molar-refractivity contribution >= 4 is 0 Å². The molecule has 1 atom stereocenters. The van der Waals surface area contributed by atoms with Crippen LogP contribution in [-0.4, -0.2) is 11.7 Å². The summed E-state index contributed by atoms with van der Waals surface area (Å²) in [7, 11) is 0. The van der Waals surface area contributed by atoms with Crippen LogP contribution in [0.2, 0.25) is 0 Å². The Morgan fingerprint density at radius 1 is 0.933 bits per heavy atom. The fourth-order valence-electron chi connectivity index (χ4n) is 2.34. The smallest absolute Gasteiger partial charge is 0.0431 e. The number of unbranched alkanes of at least 4 members (excludes halogenated alkanes) is 6. The van der Waals surface area contributed by atoms with Crippen molar-refractivity contribution in [1.29, 1.82) is 0 Å². The fourth-order valence-corrected chi connectivity index (χ4v) is 2.34. The molecule has 1 rings (SSSR count). The van der Waals surface area contributed by atoms with E-state index in [2.05, 4.69) is 12.2 Å². The molecule has 1 aliphatic carbocycles. The lowest BCUT2D eigenvalue weighted by atomic mass is 10.00. The van der Waals surface area contributed by atoms with E-state index in [1.54, 1.807) is 0 Å². The van der Waals surface area contributed by atoms with Crippen LogP contribution in [0.1, 0.15) is 64.2 Å². The van der Waals surface area contributed by atoms with Crippen molar-refractivity contribution in [1.82, 2.24) is 0 Å². The van der Waals surface area contributed by atoms with Gasteiger partial charge in [0.2, 0.25) is 0 Å². The van der Waals surface area contributed by atoms with Crippen molar-refractivity contribution < 1.29 is 5.11 Å². The van der Waals surface area contributed by atoms with Crippen LogP contribution in [-0.2, 0) is 0 Å². The molecule has 1 aliphatic rings. The monoisotopic (exact) mass is 210 g/mol. The SMILES string of the molecule is OCCCCCCCCCC1C=CCC1. The van der Waals surface area contributed by atoms with Crippen molar-refractivity contribution in [2.75, 3.05) is 6.61 Å². The van der Waals surface area contributed by atoms with E-state index in [0.717, 1.165) is 12.3 Å². The Labute approximate surface area is 94.6 Å². The summed E-state index contributed by atoms with van der Waals surface area (Å²) < 4.78 is 0. The molecule has 0 fully saturated rings. The number of allylic oxidation sites excluding steroid dienone is 2. The zero-order valence-electron chi connectivity index (χ0n) is 9.96. The molecule has 0 aromatic rings. The zero-order valence-corrected chi connectivity index (χ0v) is 9.96. The van der Waals surface area contributed by atoms with Crippen molar-refractivity contribution in [3.63, 3.8) is 0 Å². The van der Waals surface area contributed by atoms with Crippen LogP contribution >= 0.6 is 0 Å². The summed E-state index contributed by atoms with van der Waals surface area (Å²) in [6.45, 7) is 0.369. The first-order valence-electron chi connectivity index (χ1n) is 6.71. The maximum absolute atomic E-state index is 8.62. The molecule has 0 aliphatic heterocycles. The summed E-state index contributed by atoms with van der Waals surface area (Å²) in [5.41, 5.74) is 0. The maximum Gasteiger partial charge on any atom is 0.0431 e. The van der Waals surface area contributed by atoms with Gasteiger partial charge in [-0.25, -0.2) is 0 Å². The summed E-state index contributed by atoms with van der Waals surface area (Å²) in [4.78, 5) is 0. The molecule has 0 aromatic heterocycles. The number of hydrogen-bond donors (Lipinski definition) is 1. The third-order valence-corrected chi connectivity index (χ3v) is 3.35. The minimum Gasteiger partial charge on any atom is -0.396 e. The first-order valence-corrected chi connectivity index (χ1v) is 6.71. The number of rotatable bonds is 9. The summed E-state index contributed by atoms with van der Waals surface area (Å²) in [6.07, 6.45) is 17.9. The lowest BCUT2D eigenvalue weighted by Gasteiger charge is -2.06. The molecular weight excluding hydrogens is 184 g/mol. The summed E-state index contributed by atoms with van der Waals surface area (Å²) >= 11 is 0. The molecule has 0 saturated carbocycles. The molecule has 1 unspecified atom stereocenters. The molecule has 1 nitrogen and oxygen atoms in total. The average molecular weight is 210 g/mol. The normalized spacial score (nSPS) is 19.9. The predicted octanol–water partition coefficient (Wildman–Crippen LogP) is 4.07. The van der Waals surface area contributed by atoms with Crippen LogP contribution in [0.25, 0.3) is 0 Å². The fraction of sp³-hybridized carbons (Fsp3) is 0.857. The van der Waals surface area contributed by atoms with E-state index >= 15 is 0 Å². The van der Waals surface area contributed by atoms with Gasteiger partial charge in [0.05, 0.1) is 0 Å². The van der Waals surface area contributed by atoms with Crippen molar-refractivity contribution in [2.24, 2.45) is 5.92 Å². The highest BCUT2D eigenvalue weighted by atomic mass is 16.2. The zero-order chi connectivity index (χ0) is 10.8. The molecule has 0 heterocycles. The number of aliphatic hydroxyl groups is 1. The molecule has 0 radical (unpaired) electrons. The van der Waals surface area contributed by atoms with Crippen LogP contribution in [0.3, 0.4) is 0 Å². The van der Waals surface area contributed by atoms with Crippen LogP contribution < -0.4 is 0 Å². The van der Waals surface area contributed by atoms with E-state index in [0.29, 0.717) is 6.61 Å². The Balaban J connectivity index is 1.75. The maximum atomic E-state index is 8.62. The van der Waals surface area contributed by atoms with Crippen molar-refractivity contribution in [2.45, 2.75) is 64.2 Å². The number of aliphatic hydroxyl groups excluding tert-OH is 1. The Hall–Kier alpha value is -0.300. The van der Waals surface area contributed by atoms with Gasteiger partial charge in [-0.2, -0.15) is 0 Å². The molecule has 0 bridgehead atoms. The lowest BCUT2D eigenvalue weighted by molar-refractivity contribution is 0.282. The Morgan fingerprint density at radius 2 is 1.60 bits per heavy atom. The largest absolute Gasteiger partial charge is 0.396 e. The molecule has 0 aromatic carbocycles. The van der Waals surface area contributed by atoms with E-state index in [1.165, 1.54) is 57.8 Å². The van der Waals surface area contributed by atoms with Crippen LogP contribution in [0, 0.1) is 5.92 Å². The Bertz CT molecular complexity index is 163. The molecule has 88 valence electrons. The second kappa shape index (κ2) is 8.96. The highest BCUT2D eigenvalue weighted by molar-refractivity contribution is 4.95. The van der Waals surface area contributed by atoms with Crippen molar-refractivity contribution in [3.8, 4) is 0 Å². The van der Waals surface area contributed by atoms with Gasteiger partial charge in [-0.05, 0) is 31.6 Å². The molecule has 1 heteroatoms. The van der Waals surface area contributed by atoms with E-state index in [9.17, 15) is 0 Å². The summed E-state index contributed by atoms with van der Waals surface area (Å²) in [6, 6.07) is 0. The van der Waals surface area contributed by atoms with E-state index in [1.807, 2.05) is 0 Å².